The standard InChI is InChI=1S/C16H16N3O/c17-16(18-15(20)13-7-2-1-3-8-13)19-11-10-12-6-4-5-9-14(12)19/h1-3,5-9,12,14H,10-11H2,(H2,17,18,20). The zero-order valence-electron chi connectivity index (χ0n) is 11.0. The van der Waals surface area contributed by atoms with Gasteiger partial charge in [0.05, 0.1) is 6.04 Å². The summed E-state index contributed by atoms with van der Waals surface area (Å²) in [5.41, 5.74) is 0.570. The number of nitrogens with one attached hydrogen (secondary N) is 2. The third-order valence-corrected chi connectivity index (χ3v) is 3.76. The molecular weight excluding hydrogens is 250 g/mol. The van der Waals surface area contributed by atoms with Gasteiger partial charge < -0.3 is 4.90 Å². The Balaban J connectivity index is 1.67. The van der Waals surface area contributed by atoms with Gasteiger partial charge in [-0.2, -0.15) is 0 Å². The zero-order chi connectivity index (χ0) is 13.9. The Bertz CT molecular complexity index is 577. The number of benzene rings is 1. The van der Waals surface area contributed by atoms with Gasteiger partial charge in [0.1, 0.15) is 0 Å². The van der Waals surface area contributed by atoms with Crippen molar-refractivity contribution in [3.63, 3.8) is 0 Å². The van der Waals surface area contributed by atoms with Crippen LogP contribution in [0.4, 0.5) is 0 Å². The fourth-order valence-electron chi connectivity index (χ4n) is 2.70. The van der Waals surface area contributed by atoms with E-state index in [1.54, 1.807) is 12.1 Å². The molecule has 4 nitrogen and oxygen atoms in total. The third-order valence-electron chi connectivity index (χ3n) is 3.76. The second-order valence-corrected chi connectivity index (χ2v) is 5.00. The first-order chi connectivity index (χ1) is 9.75. The average molecular weight is 266 g/mol. The molecule has 20 heavy (non-hydrogen) atoms. The molecule has 0 saturated carbocycles. The van der Waals surface area contributed by atoms with Crippen molar-refractivity contribution in [1.29, 1.82) is 5.41 Å². The molecule has 2 aliphatic rings. The van der Waals surface area contributed by atoms with Crippen molar-refractivity contribution in [3.05, 3.63) is 60.2 Å². The second-order valence-electron chi connectivity index (χ2n) is 5.00. The summed E-state index contributed by atoms with van der Waals surface area (Å²) in [6.07, 6.45) is 10.1. The molecule has 1 heterocycles. The molecule has 2 unspecified atom stereocenters. The van der Waals surface area contributed by atoms with Gasteiger partial charge in [0.15, 0.2) is 5.96 Å². The van der Waals surface area contributed by atoms with E-state index in [2.05, 4.69) is 17.5 Å². The number of hydrogen-bond acceptors (Lipinski definition) is 2. The number of likely N-dealkylation sites (tertiary alicyclic amines) is 1. The van der Waals surface area contributed by atoms with Gasteiger partial charge in [-0.3, -0.25) is 15.5 Å². The Labute approximate surface area is 118 Å². The molecule has 101 valence electrons. The van der Waals surface area contributed by atoms with Crippen LogP contribution in [0.15, 0.2) is 48.6 Å². The largest absolute Gasteiger partial charge is 0.336 e. The van der Waals surface area contributed by atoms with E-state index in [0.29, 0.717) is 11.5 Å². The van der Waals surface area contributed by atoms with Crippen molar-refractivity contribution in [2.45, 2.75) is 12.5 Å². The summed E-state index contributed by atoms with van der Waals surface area (Å²) in [7, 11) is 0. The molecule has 0 aromatic heterocycles. The topological polar surface area (TPSA) is 56.2 Å². The predicted molar refractivity (Wildman–Crippen MR) is 77.2 cm³/mol. The Kier molecular flexibility index (Phi) is 3.37. The molecule has 4 heteroatoms. The summed E-state index contributed by atoms with van der Waals surface area (Å²) in [5.74, 6) is 0.334. The third kappa shape index (κ3) is 2.37. The van der Waals surface area contributed by atoms with Crippen molar-refractivity contribution < 1.29 is 4.79 Å². The summed E-state index contributed by atoms with van der Waals surface area (Å²) in [5, 5.41) is 10.8. The number of amides is 1. The van der Waals surface area contributed by atoms with E-state index < -0.39 is 0 Å². The van der Waals surface area contributed by atoms with Crippen LogP contribution in [0.25, 0.3) is 0 Å². The Morgan fingerprint density at radius 3 is 2.95 bits per heavy atom. The fourth-order valence-corrected chi connectivity index (χ4v) is 2.70. The summed E-state index contributed by atoms with van der Waals surface area (Å²) in [4.78, 5) is 14.0. The number of nitrogens with zero attached hydrogens (tertiary/aromatic N) is 1. The Morgan fingerprint density at radius 1 is 1.35 bits per heavy atom. The molecule has 1 aromatic carbocycles. The highest BCUT2D eigenvalue weighted by atomic mass is 16.1. The molecule has 1 aromatic rings. The smallest absolute Gasteiger partial charge is 0.257 e. The predicted octanol–water partition coefficient (Wildman–Crippen LogP) is 1.97. The lowest BCUT2D eigenvalue weighted by Gasteiger charge is -2.27. The monoisotopic (exact) mass is 266 g/mol. The molecule has 1 aliphatic carbocycles. The molecule has 2 N–H and O–H groups in total. The van der Waals surface area contributed by atoms with Gasteiger partial charge in [-0.25, -0.2) is 0 Å². The minimum atomic E-state index is -0.235. The number of rotatable bonds is 1. The van der Waals surface area contributed by atoms with Crippen LogP contribution in [0.2, 0.25) is 0 Å². The maximum atomic E-state index is 12.1. The number of hydrogen-bond donors (Lipinski definition) is 2. The van der Waals surface area contributed by atoms with Gasteiger partial charge in [-0.1, -0.05) is 36.4 Å². The Morgan fingerprint density at radius 2 is 2.15 bits per heavy atom. The van der Waals surface area contributed by atoms with Crippen molar-refractivity contribution in [2.24, 2.45) is 5.92 Å². The van der Waals surface area contributed by atoms with E-state index in [1.807, 2.05) is 35.3 Å². The Hall–Kier alpha value is -2.36. The number of carbonyl (C=O) groups excluding carboxylic acids is 1. The van der Waals surface area contributed by atoms with Crippen LogP contribution in [-0.4, -0.2) is 29.4 Å². The highest BCUT2D eigenvalue weighted by Crippen LogP contribution is 2.28. The lowest BCUT2D eigenvalue weighted by molar-refractivity contribution is 0.0971. The first-order valence-electron chi connectivity index (χ1n) is 6.73. The van der Waals surface area contributed by atoms with E-state index in [1.165, 1.54) is 0 Å². The van der Waals surface area contributed by atoms with Crippen LogP contribution < -0.4 is 5.32 Å². The summed E-state index contributed by atoms with van der Waals surface area (Å²) in [6.45, 7) is 0.783. The van der Waals surface area contributed by atoms with Gasteiger partial charge in [0.25, 0.3) is 5.91 Å². The number of fused-ring (bicyclic) bond motifs is 1. The molecule has 0 spiro atoms. The van der Waals surface area contributed by atoms with Crippen LogP contribution in [0, 0.1) is 17.4 Å². The number of guanidine groups is 1. The fraction of sp³-hybridized carbons (Fsp3) is 0.250. The lowest BCUT2D eigenvalue weighted by Crippen LogP contribution is -2.46. The van der Waals surface area contributed by atoms with Gasteiger partial charge in [-0.15, -0.1) is 0 Å². The molecule has 1 amide bonds. The van der Waals surface area contributed by atoms with Crippen LogP contribution in [-0.2, 0) is 0 Å². The average Bonchev–Trinajstić information content (AvgIpc) is 2.92. The van der Waals surface area contributed by atoms with Crippen LogP contribution in [0.1, 0.15) is 16.8 Å². The number of allylic oxidation sites excluding steroid dienone is 2. The van der Waals surface area contributed by atoms with Gasteiger partial charge >= 0.3 is 0 Å². The maximum Gasteiger partial charge on any atom is 0.257 e. The number of carbonyl (C=O) groups is 1. The molecular formula is C16H16N3O. The molecule has 1 aliphatic heterocycles. The molecule has 3 rings (SSSR count). The van der Waals surface area contributed by atoms with E-state index in [4.69, 9.17) is 5.41 Å². The van der Waals surface area contributed by atoms with Crippen LogP contribution in [0.5, 0.6) is 0 Å². The van der Waals surface area contributed by atoms with Crippen molar-refractivity contribution in [2.75, 3.05) is 6.54 Å². The second kappa shape index (κ2) is 5.33. The van der Waals surface area contributed by atoms with Crippen LogP contribution in [0.3, 0.4) is 0 Å². The SMILES string of the molecule is N=C(NC(=O)c1ccccc1)N1CCC2C=[C]C=CC21. The van der Waals surface area contributed by atoms with Crippen molar-refractivity contribution in [3.8, 4) is 0 Å². The van der Waals surface area contributed by atoms with Gasteiger partial charge in [0, 0.05) is 18.0 Å². The molecule has 1 fully saturated rings. The van der Waals surface area contributed by atoms with E-state index in [-0.39, 0.29) is 17.9 Å². The van der Waals surface area contributed by atoms with Crippen molar-refractivity contribution >= 4 is 11.9 Å². The highest BCUT2D eigenvalue weighted by Gasteiger charge is 2.33. The van der Waals surface area contributed by atoms with Crippen LogP contribution >= 0.6 is 0 Å². The molecule has 2 atom stereocenters. The molecule has 1 saturated heterocycles. The molecule has 0 bridgehead atoms. The zero-order valence-corrected chi connectivity index (χ0v) is 11.0. The molecule has 1 radical (unpaired) electrons. The highest BCUT2D eigenvalue weighted by molar-refractivity contribution is 6.04. The lowest BCUT2D eigenvalue weighted by atomic mass is 9.96. The van der Waals surface area contributed by atoms with Crippen molar-refractivity contribution in [1.82, 2.24) is 10.2 Å². The van der Waals surface area contributed by atoms with E-state index >= 15 is 0 Å². The summed E-state index contributed by atoms with van der Waals surface area (Å²) in [6, 6.07) is 9.15. The minimum absolute atomic E-state index is 0.167. The maximum absolute atomic E-state index is 12.1. The van der Waals surface area contributed by atoms with E-state index in [9.17, 15) is 4.79 Å². The van der Waals surface area contributed by atoms with Gasteiger partial charge in [0.2, 0.25) is 0 Å². The quantitative estimate of drug-likeness (QED) is 0.603. The first-order valence-corrected chi connectivity index (χ1v) is 6.73. The summed E-state index contributed by atoms with van der Waals surface area (Å²) < 4.78 is 0. The minimum Gasteiger partial charge on any atom is -0.336 e. The normalized spacial score (nSPS) is 23.5. The first kappa shape index (κ1) is 12.7. The van der Waals surface area contributed by atoms with Gasteiger partial charge in [-0.05, 0) is 24.6 Å². The van der Waals surface area contributed by atoms with E-state index in [0.717, 1.165) is 13.0 Å². The summed E-state index contributed by atoms with van der Waals surface area (Å²) >= 11 is 0.